The number of nitrogens with zero attached hydrogens (tertiary/aromatic N) is 2. The molecule has 1 aliphatic carbocycles. The normalized spacial score (nSPS) is 15.4. The van der Waals surface area contributed by atoms with Gasteiger partial charge in [0.15, 0.2) is 0 Å². The highest BCUT2D eigenvalue weighted by molar-refractivity contribution is 5.81. The van der Waals surface area contributed by atoms with Crippen LogP contribution in [0.3, 0.4) is 0 Å². The zero-order chi connectivity index (χ0) is 13.5. The van der Waals surface area contributed by atoms with Crippen LogP contribution in [0, 0.1) is 0 Å². The molecule has 18 heavy (non-hydrogen) atoms. The quantitative estimate of drug-likeness (QED) is 0.758. The number of allylic oxidation sites excluding steroid dienone is 2. The first kappa shape index (κ1) is 14.7. The Balaban J connectivity index is 2.56. The molecule has 0 aromatic heterocycles. The molecule has 2 N–H and O–H groups in total. The third kappa shape index (κ3) is 4.49. The number of amides is 2. The number of nitrogens with two attached hydrogens (primary N) is 1. The molecule has 0 saturated carbocycles. The minimum Gasteiger partial charge on any atom is -0.369 e. The molecule has 1 aliphatic rings. The molecule has 5 heteroatoms. The molecule has 0 spiro atoms. The summed E-state index contributed by atoms with van der Waals surface area (Å²) in [5.74, 6) is -0.375. The van der Waals surface area contributed by atoms with Crippen LogP contribution in [-0.2, 0) is 9.59 Å². The van der Waals surface area contributed by atoms with Crippen molar-refractivity contribution in [2.24, 2.45) is 5.73 Å². The van der Waals surface area contributed by atoms with E-state index in [0.29, 0.717) is 6.54 Å². The number of hydrogen-bond acceptors (Lipinski definition) is 3. The lowest BCUT2D eigenvalue weighted by molar-refractivity contribution is -0.130. The van der Waals surface area contributed by atoms with Gasteiger partial charge in [0.05, 0.1) is 13.1 Å². The lowest BCUT2D eigenvalue weighted by atomic mass is 10.0. The number of rotatable bonds is 6. The number of hydrogen-bond donors (Lipinski definition) is 1. The number of primary amides is 1. The summed E-state index contributed by atoms with van der Waals surface area (Å²) in [6.07, 6.45) is 6.53. The van der Waals surface area contributed by atoms with Crippen LogP contribution in [-0.4, -0.2) is 48.3 Å². The van der Waals surface area contributed by atoms with Gasteiger partial charge in [-0.2, -0.15) is 0 Å². The Labute approximate surface area is 109 Å². The van der Waals surface area contributed by atoms with Crippen LogP contribution in [0.4, 0.5) is 0 Å². The fraction of sp³-hybridized carbons (Fsp3) is 0.692. The molecule has 0 heterocycles. The minimum absolute atomic E-state index is 0.0365. The SMILES string of the molecule is CCN(C(=O)CN(C)CC(N)=O)C1=CCCCC1. The molecule has 0 saturated heterocycles. The van der Waals surface area contributed by atoms with E-state index in [1.54, 1.807) is 11.9 Å². The van der Waals surface area contributed by atoms with E-state index in [1.165, 1.54) is 6.42 Å². The van der Waals surface area contributed by atoms with Gasteiger partial charge in [0.1, 0.15) is 0 Å². The molecule has 2 amide bonds. The highest BCUT2D eigenvalue weighted by Crippen LogP contribution is 2.20. The Kier molecular flexibility index (Phi) is 5.85. The molecule has 0 atom stereocenters. The number of likely N-dealkylation sites (N-methyl/N-ethyl adjacent to an activating group) is 2. The van der Waals surface area contributed by atoms with Gasteiger partial charge < -0.3 is 10.6 Å². The monoisotopic (exact) mass is 253 g/mol. The van der Waals surface area contributed by atoms with Gasteiger partial charge in [0.25, 0.3) is 0 Å². The minimum atomic E-state index is -0.412. The van der Waals surface area contributed by atoms with Gasteiger partial charge in [-0.3, -0.25) is 14.5 Å². The van der Waals surface area contributed by atoms with Crippen LogP contribution in [0.5, 0.6) is 0 Å². The zero-order valence-electron chi connectivity index (χ0n) is 11.3. The predicted octanol–water partition coefficient (Wildman–Crippen LogP) is 0.710. The average Bonchev–Trinajstić information content (AvgIpc) is 2.29. The van der Waals surface area contributed by atoms with Gasteiger partial charge >= 0.3 is 0 Å². The van der Waals surface area contributed by atoms with Crippen LogP contribution in [0.1, 0.15) is 32.6 Å². The van der Waals surface area contributed by atoms with E-state index in [2.05, 4.69) is 6.08 Å². The summed E-state index contributed by atoms with van der Waals surface area (Å²) in [4.78, 5) is 26.4. The van der Waals surface area contributed by atoms with Crippen molar-refractivity contribution in [1.82, 2.24) is 9.80 Å². The highest BCUT2D eigenvalue weighted by atomic mass is 16.2. The van der Waals surface area contributed by atoms with E-state index in [1.807, 2.05) is 11.8 Å². The first-order valence-corrected chi connectivity index (χ1v) is 6.50. The van der Waals surface area contributed by atoms with Crippen molar-refractivity contribution in [3.63, 3.8) is 0 Å². The second-order valence-electron chi connectivity index (χ2n) is 4.72. The maximum absolute atomic E-state index is 12.2. The van der Waals surface area contributed by atoms with E-state index < -0.39 is 5.91 Å². The Morgan fingerprint density at radius 2 is 2.06 bits per heavy atom. The fourth-order valence-electron chi connectivity index (χ4n) is 2.24. The van der Waals surface area contributed by atoms with Crippen molar-refractivity contribution in [2.45, 2.75) is 32.6 Å². The summed E-state index contributed by atoms with van der Waals surface area (Å²) in [5.41, 5.74) is 6.23. The zero-order valence-corrected chi connectivity index (χ0v) is 11.3. The molecule has 1 rings (SSSR count). The molecule has 5 nitrogen and oxygen atoms in total. The van der Waals surface area contributed by atoms with E-state index in [9.17, 15) is 9.59 Å². The molecule has 0 unspecified atom stereocenters. The first-order valence-electron chi connectivity index (χ1n) is 6.50. The number of carbonyl (C=O) groups is 2. The van der Waals surface area contributed by atoms with Crippen LogP contribution in [0.15, 0.2) is 11.8 Å². The largest absolute Gasteiger partial charge is 0.369 e. The van der Waals surface area contributed by atoms with Gasteiger partial charge in [-0.25, -0.2) is 0 Å². The van der Waals surface area contributed by atoms with Crippen molar-refractivity contribution in [2.75, 3.05) is 26.7 Å². The summed E-state index contributed by atoms with van der Waals surface area (Å²) in [5, 5.41) is 0. The Morgan fingerprint density at radius 3 is 2.56 bits per heavy atom. The smallest absolute Gasteiger partial charge is 0.240 e. The molecule has 0 aromatic rings. The summed E-state index contributed by atoms with van der Waals surface area (Å²) in [6, 6.07) is 0. The van der Waals surface area contributed by atoms with Crippen molar-refractivity contribution < 1.29 is 9.59 Å². The molecule has 102 valence electrons. The molecule has 0 aliphatic heterocycles. The Hall–Kier alpha value is -1.36. The average molecular weight is 253 g/mol. The first-order chi connectivity index (χ1) is 8.54. The van der Waals surface area contributed by atoms with E-state index in [4.69, 9.17) is 5.73 Å². The van der Waals surface area contributed by atoms with E-state index in [0.717, 1.165) is 25.0 Å². The maximum atomic E-state index is 12.2. The van der Waals surface area contributed by atoms with Crippen LogP contribution in [0.25, 0.3) is 0 Å². The topological polar surface area (TPSA) is 66.6 Å². The lowest BCUT2D eigenvalue weighted by Crippen LogP contribution is -2.41. The molecular weight excluding hydrogens is 230 g/mol. The van der Waals surface area contributed by atoms with Gasteiger partial charge in [-0.1, -0.05) is 6.08 Å². The Bertz CT molecular complexity index is 339. The molecule has 0 radical (unpaired) electrons. The summed E-state index contributed by atoms with van der Waals surface area (Å²) in [6.45, 7) is 2.99. The maximum Gasteiger partial charge on any atom is 0.240 e. The third-order valence-electron chi connectivity index (χ3n) is 3.06. The molecule has 0 bridgehead atoms. The van der Waals surface area contributed by atoms with Crippen LogP contribution < -0.4 is 5.73 Å². The Morgan fingerprint density at radius 1 is 1.33 bits per heavy atom. The van der Waals surface area contributed by atoms with Gasteiger partial charge in [-0.05, 0) is 39.7 Å². The molecular formula is C13H23N3O2. The van der Waals surface area contributed by atoms with Crippen molar-refractivity contribution in [3.05, 3.63) is 11.8 Å². The van der Waals surface area contributed by atoms with Crippen LogP contribution >= 0.6 is 0 Å². The standard InChI is InChI=1S/C13H23N3O2/c1-3-16(11-7-5-4-6-8-11)13(18)10-15(2)9-12(14)17/h7H,3-6,8-10H2,1-2H3,(H2,14,17). The highest BCUT2D eigenvalue weighted by Gasteiger charge is 2.19. The van der Waals surface area contributed by atoms with Gasteiger partial charge in [0.2, 0.25) is 11.8 Å². The lowest BCUT2D eigenvalue weighted by Gasteiger charge is -2.28. The molecule has 0 fully saturated rings. The summed E-state index contributed by atoms with van der Waals surface area (Å²) < 4.78 is 0. The number of carbonyl (C=O) groups excluding carboxylic acids is 2. The van der Waals surface area contributed by atoms with Crippen molar-refractivity contribution >= 4 is 11.8 Å². The molecule has 0 aromatic carbocycles. The van der Waals surface area contributed by atoms with Crippen LogP contribution in [0.2, 0.25) is 0 Å². The van der Waals surface area contributed by atoms with E-state index >= 15 is 0 Å². The summed E-state index contributed by atoms with van der Waals surface area (Å²) in [7, 11) is 1.73. The second-order valence-corrected chi connectivity index (χ2v) is 4.72. The van der Waals surface area contributed by atoms with Gasteiger partial charge in [0, 0.05) is 12.2 Å². The van der Waals surface area contributed by atoms with E-state index in [-0.39, 0.29) is 19.0 Å². The third-order valence-corrected chi connectivity index (χ3v) is 3.06. The second kappa shape index (κ2) is 7.16. The van der Waals surface area contributed by atoms with Crippen molar-refractivity contribution in [3.8, 4) is 0 Å². The van der Waals surface area contributed by atoms with Gasteiger partial charge in [-0.15, -0.1) is 0 Å². The fourth-order valence-corrected chi connectivity index (χ4v) is 2.24. The summed E-state index contributed by atoms with van der Waals surface area (Å²) >= 11 is 0. The predicted molar refractivity (Wildman–Crippen MR) is 70.6 cm³/mol. The van der Waals surface area contributed by atoms with Crippen molar-refractivity contribution in [1.29, 1.82) is 0 Å².